The fourth-order valence-electron chi connectivity index (χ4n) is 2.50. The van der Waals surface area contributed by atoms with Crippen LogP contribution in [0.25, 0.3) is 0 Å². The summed E-state index contributed by atoms with van der Waals surface area (Å²) in [5.41, 5.74) is 4.76. The smallest absolute Gasteiger partial charge is 0.141 e. The van der Waals surface area contributed by atoms with Crippen LogP contribution in [-0.2, 0) is 6.42 Å². The Hall–Kier alpha value is -1.38. The maximum Gasteiger partial charge on any atom is 0.141 e. The van der Waals surface area contributed by atoms with Gasteiger partial charge in [-0.2, -0.15) is 0 Å². The number of benzene rings is 2. The fraction of sp³-hybridized carbons (Fsp3) is 0.294. The van der Waals surface area contributed by atoms with Crippen molar-refractivity contribution in [1.29, 1.82) is 0 Å². The molecule has 106 valence electrons. The predicted octanol–water partition coefficient (Wildman–Crippen LogP) is 4.60. The number of likely N-dealkylation sites (N-methyl/N-ethyl adjacent to an activating group) is 1. The molecule has 3 heteroatoms. The first-order chi connectivity index (χ1) is 9.49. The van der Waals surface area contributed by atoms with Gasteiger partial charge >= 0.3 is 0 Å². The second-order valence-electron chi connectivity index (χ2n) is 5.21. The van der Waals surface area contributed by atoms with Gasteiger partial charge < -0.3 is 5.32 Å². The van der Waals surface area contributed by atoms with E-state index in [4.69, 9.17) is 11.6 Å². The molecule has 0 heterocycles. The van der Waals surface area contributed by atoms with Gasteiger partial charge in [-0.05, 0) is 50.6 Å². The van der Waals surface area contributed by atoms with Crippen molar-refractivity contribution in [3.05, 3.63) is 69.5 Å². The molecule has 2 aromatic carbocycles. The molecule has 0 spiro atoms. The lowest BCUT2D eigenvalue weighted by Crippen LogP contribution is -2.19. The third-order valence-corrected chi connectivity index (χ3v) is 3.71. The molecule has 1 unspecified atom stereocenters. The predicted molar refractivity (Wildman–Crippen MR) is 82.8 cm³/mol. The standard InChI is InChI=1S/C17H19ClFN/c1-11-6-12(2)8-14(7-11)17(20-3)10-13-4-5-16(19)15(18)9-13/h4-9,17,20H,10H2,1-3H3. The van der Waals surface area contributed by atoms with Crippen molar-refractivity contribution in [2.45, 2.75) is 26.3 Å². The quantitative estimate of drug-likeness (QED) is 0.868. The summed E-state index contributed by atoms with van der Waals surface area (Å²) in [6.45, 7) is 4.19. The van der Waals surface area contributed by atoms with Gasteiger partial charge in [0.25, 0.3) is 0 Å². The molecular formula is C17H19ClFN. The molecular weight excluding hydrogens is 273 g/mol. The Morgan fingerprint density at radius 2 is 1.75 bits per heavy atom. The second kappa shape index (κ2) is 6.38. The van der Waals surface area contributed by atoms with Crippen LogP contribution in [0.3, 0.4) is 0 Å². The average molecular weight is 292 g/mol. The van der Waals surface area contributed by atoms with Crippen molar-refractivity contribution >= 4 is 11.6 Å². The Morgan fingerprint density at radius 3 is 2.30 bits per heavy atom. The van der Waals surface area contributed by atoms with Gasteiger partial charge in [-0.25, -0.2) is 4.39 Å². The fourth-order valence-corrected chi connectivity index (χ4v) is 2.70. The van der Waals surface area contributed by atoms with Crippen LogP contribution >= 0.6 is 11.6 Å². The summed E-state index contributed by atoms with van der Waals surface area (Å²) in [5, 5.41) is 3.50. The molecule has 0 bridgehead atoms. The van der Waals surface area contributed by atoms with Crippen molar-refractivity contribution in [2.24, 2.45) is 0 Å². The number of halogens is 2. The number of hydrogen-bond acceptors (Lipinski definition) is 1. The molecule has 1 N–H and O–H groups in total. The molecule has 0 amide bonds. The van der Waals surface area contributed by atoms with E-state index in [1.807, 2.05) is 7.05 Å². The molecule has 0 saturated heterocycles. The number of rotatable bonds is 4. The highest BCUT2D eigenvalue weighted by molar-refractivity contribution is 6.30. The normalized spacial score (nSPS) is 12.4. The molecule has 0 aliphatic heterocycles. The van der Waals surface area contributed by atoms with Crippen LogP contribution in [-0.4, -0.2) is 7.05 Å². The van der Waals surface area contributed by atoms with E-state index in [-0.39, 0.29) is 16.9 Å². The topological polar surface area (TPSA) is 12.0 Å². The SMILES string of the molecule is CNC(Cc1ccc(F)c(Cl)c1)c1cc(C)cc(C)c1. The van der Waals surface area contributed by atoms with Crippen molar-refractivity contribution in [3.63, 3.8) is 0 Å². The highest BCUT2D eigenvalue weighted by Gasteiger charge is 2.12. The monoisotopic (exact) mass is 291 g/mol. The summed E-state index contributed by atoms with van der Waals surface area (Å²) in [7, 11) is 1.94. The van der Waals surface area contributed by atoms with Crippen molar-refractivity contribution < 1.29 is 4.39 Å². The minimum Gasteiger partial charge on any atom is -0.313 e. The minimum atomic E-state index is -0.372. The van der Waals surface area contributed by atoms with Gasteiger partial charge in [0, 0.05) is 6.04 Å². The zero-order chi connectivity index (χ0) is 14.7. The molecule has 0 aliphatic rings. The maximum atomic E-state index is 13.2. The van der Waals surface area contributed by atoms with Crippen LogP contribution < -0.4 is 5.32 Å². The van der Waals surface area contributed by atoms with Crippen molar-refractivity contribution in [1.82, 2.24) is 5.32 Å². The van der Waals surface area contributed by atoms with Gasteiger partial charge in [0.05, 0.1) is 5.02 Å². The summed E-state index contributed by atoms with van der Waals surface area (Å²) in [4.78, 5) is 0. The Labute approximate surface area is 124 Å². The largest absolute Gasteiger partial charge is 0.313 e. The highest BCUT2D eigenvalue weighted by atomic mass is 35.5. The van der Waals surface area contributed by atoms with Crippen molar-refractivity contribution in [2.75, 3.05) is 7.05 Å². The Bertz CT molecular complexity index is 590. The summed E-state index contributed by atoms with van der Waals surface area (Å²) in [5.74, 6) is -0.372. The van der Waals surface area contributed by atoms with Crippen LogP contribution in [0.2, 0.25) is 5.02 Å². The Kier molecular flexibility index (Phi) is 4.79. The van der Waals surface area contributed by atoms with E-state index < -0.39 is 0 Å². The lowest BCUT2D eigenvalue weighted by atomic mass is 9.96. The van der Waals surface area contributed by atoms with Gasteiger partial charge in [0.15, 0.2) is 0 Å². The highest BCUT2D eigenvalue weighted by Crippen LogP contribution is 2.23. The molecule has 2 aromatic rings. The third kappa shape index (κ3) is 3.59. The second-order valence-corrected chi connectivity index (χ2v) is 5.62. The van der Waals surface area contributed by atoms with Crippen molar-refractivity contribution in [3.8, 4) is 0 Å². The summed E-state index contributed by atoms with van der Waals surface area (Å²) < 4.78 is 13.2. The van der Waals surface area contributed by atoms with Crippen LogP contribution in [0.15, 0.2) is 36.4 Å². The van der Waals surface area contributed by atoms with Gasteiger partial charge in [-0.3, -0.25) is 0 Å². The van der Waals surface area contributed by atoms with E-state index in [0.29, 0.717) is 0 Å². The average Bonchev–Trinajstić information content (AvgIpc) is 2.38. The zero-order valence-corrected chi connectivity index (χ0v) is 12.8. The van der Waals surface area contributed by atoms with Gasteiger partial charge in [0.2, 0.25) is 0 Å². The first-order valence-electron chi connectivity index (χ1n) is 6.69. The molecule has 20 heavy (non-hydrogen) atoms. The first-order valence-corrected chi connectivity index (χ1v) is 7.07. The molecule has 1 atom stereocenters. The molecule has 0 aliphatic carbocycles. The molecule has 1 nitrogen and oxygen atoms in total. The van der Waals surface area contributed by atoms with E-state index in [9.17, 15) is 4.39 Å². The first kappa shape index (κ1) is 15.0. The Morgan fingerprint density at radius 1 is 1.10 bits per heavy atom. The van der Waals surface area contributed by atoms with E-state index >= 15 is 0 Å². The van der Waals surface area contributed by atoms with E-state index in [1.54, 1.807) is 12.1 Å². The number of aryl methyl sites for hydroxylation is 2. The summed E-state index contributed by atoms with van der Waals surface area (Å²) in [6.07, 6.45) is 0.777. The minimum absolute atomic E-state index is 0.178. The van der Waals surface area contributed by atoms with Crippen LogP contribution in [0, 0.1) is 19.7 Å². The Balaban J connectivity index is 2.26. The molecule has 0 saturated carbocycles. The van der Waals surface area contributed by atoms with Crippen LogP contribution in [0.1, 0.15) is 28.3 Å². The third-order valence-electron chi connectivity index (χ3n) is 3.42. The number of nitrogens with one attached hydrogen (secondary N) is 1. The van der Waals surface area contributed by atoms with E-state index in [1.165, 1.54) is 22.8 Å². The lowest BCUT2D eigenvalue weighted by molar-refractivity contribution is 0.588. The lowest BCUT2D eigenvalue weighted by Gasteiger charge is -2.18. The zero-order valence-electron chi connectivity index (χ0n) is 12.0. The van der Waals surface area contributed by atoms with Crippen LogP contribution in [0.4, 0.5) is 4.39 Å². The molecule has 0 aromatic heterocycles. The van der Waals surface area contributed by atoms with E-state index in [2.05, 4.69) is 37.4 Å². The summed E-state index contributed by atoms with van der Waals surface area (Å²) >= 11 is 5.84. The van der Waals surface area contributed by atoms with Crippen LogP contribution in [0.5, 0.6) is 0 Å². The van der Waals surface area contributed by atoms with Gasteiger partial charge in [-0.15, -0.1) is 0 Å². The molecule has 0 radical (unpaired) electrons. The van der Waals surface area contributed by atoms with Gasteiger partial charge in [0.1, 0.15) is 5.82 Å². The maximum absolute atomic E-state index is 13.2. The number of hydrogen-bond donors (Lipinski definition) is 1. The molecule has 0 fully saturated rings. The van der Waals surface area contributed by atoms with Gasteiger partial charge in [-0.1, -0.05) is 47.0 Å². The summed E-state index contributed by atoms with van der Waals surface area (Å²) in [6, 6.07) is 11.6. The van der Waals surface area contributed by atoms with E-state index in [0.717, 1.165) is 12.0 Å². The molecule has 2 rings (SSSR count).